The zero-order valence-corrected chi connectivity index (χ0v) is 12.8. The molecule has 2 saturated heterocycles. The van der Waals surface area contributed by atoms with E-state index < -0.39 is 5.82 Å². The summed E-state index contributed by atoms with van der Waals surface area (Å²) in [5.74, 6) is -0.387. The van der Waals surface area contributed by atoms with Crippen LogP contribution >= 0.6 is 0 Å². The number of carbonyl (C=O) groups is 1. The fourth-order valence-electron chi connectivity index (χ4n) is 3.22. The number of rotatable bonds is 3. The summed E-state index contributed by atoms with van der Waals surface area (Å²) in [5, 5.41) is 3.38. The van der Waals surface area contributed by atoms with Gasteiger partial charge in [-0.25, -0.2) is 4.39 Å². The minimum absolute atomic E-state index is 0.0532. The van der Waals surface area contributed by atoms with Crippen LogP contribution in [0.1, 0.15) is 16.8 Å². The summed E-state index contributed by atoms with van der Waals surface area (Å²) < 4.78 is 18.4. The third-order valence-electron chi connectivity index (χ3n) is 4.55. The van der Waals surface area contributed by atoms with E-state index in [-0.39, 0.29) is 11.7 Å². The molecule has 1 aromatic carbocycles. The number of ether oxygens (including phenoxy) is 1. The summed E-state index contributed by atoms with van der Waals surface area (Å²) in [6.07, 6.45) is 1.18. The van der Waals surface area contributed by atoms with E-state index in [2.05, 4.69) is 10.2 Å². The lowest BCUT2D eigenvalue weighted by Crippen LogP contribution is -2.52. The highest BCUT2D eigenvalue weighted by atomic mass is 19.1. The quantitative estimate of drug-likeness (QED) is 0.903. The molecule has 2 aliphatic rings. The molecule has 3 rings (SSSR count). The van der Waals surface area contributed by atoms with E-state index in [0.717, 1.165) is 39.3 Å². The van der Waals surface area contributed by atoms with Crippen molar-refractivity contribution in [1.29, 1.82) is 0 Å². The Morgan fingerprint density at radius 1 is 1.32 bits per heavy atom. The average Bonchev–Trinajstić information content (AvgIpc) is 3.09. The normalized spacial score (nSPS) is 22.8. The molecule has 1 unspecified atom stereocenters. The molecule has 5 nitrogen and oxygen atoms in total. The molecule has 0 aliphatic carbocycles. The number of methoxy groups -OCH3 is 1. The average molecular weight is 307 g/mol. The Morgan fingerprint density at radius 3 is 2.73 bits per heavy atom. The molecular formula is C16H22FN3O2. The first-order chi connectivity index (χ1) is 10.7. The molecule has 1 aromatic rings. The van der Waals surface area contributed by atoms with Gasteiger partial charge in [-0.05, 0) is 31.2 Å². The molecule has 0 spiro atoms. The predicted molar refractivity (Wildman–Crippen MR) is 81.7 cm³/mol. The van der Waals surface area contributed by atoms with Gasteiger partial charge in [-0.2, -0.15) is 0 Å². The van der Waals surface area contributed by atoms with Gasteiger partial charge in [0.2, 0.25) is 0 Å². The van der Waals surface area contributed by atoms with Crippen molar-refractivity contribution in [3.63, 3.8) is 0 Å². The van der Waals surface area contributed by atoms with Crippen LogP contribution in [0.3, 0.4) is 0 Å². The number of nitrogens with zero attached hydrogens (tertiary/aromatic N) is 2. The second kappa shape index (κ2) is 6.62. The minimum atomic E-state index is -0.447. The molecule has 0 saturated carbocycles. The van der Waals surface area contributed by atoms with Gasteiger partial charge < -0.3 is 15.0 Å². The van der Waals surface area contributed by atoms with Crippen LogP contribution in [0.2, 0.25) is 0 Å². The highest BCUT2D eigenvalue weighted by Gasteiger charge is 2.28. The molecule has 0 radical (unpaired) electrons. The molecule has 1 atom stereocenters. The zero-order valence-electron chi connectivity index (χ0n) is 12.8. The molecule has 6 heteroatoms. The van der Waals surface area contributed by atoms with Crippen LogP contribution in [-0.2, 0) is 0 Å². The second-order valence-corrected chi connectivity index (χ2v) is 5.82. The van der Waals surface area contributed by atoms with Gasteiger partial charge in [0.05, 0.1) is 7.11 Å². The van der Waals surface area contributed by atoms with Crippen molar-refractivity contribution in [3.05, 3.63) is 29.6 Å². The van der Waals surface area contributed by atoms with Crippen molar-refractivity contribution < 1.29 is 13.9 Å². The van der Waals surface area contributed by atoms with E-state index in [0.29, 0.717) is 11.6 Å². The van der Waals surface area contributed by atoms with Gasteiger partial charge in [0.25, 0.3) is 5.91 Å². The van der Waals surface area contributed by atoms with Crippen LogP contribution in [0, 0.1) is 5.82 Å². The SMILES string of the molecule is COc1cc(C(=O)N2CCN(C3CCNC3)CC2)ccc1F. The Morgan fingerprint density at radius 2 is 2.09 bits per heavy atom. The minimum Gasteiger partial charge on any atom is -0.494 e. The maximum Gasteiger partial charge on any atom is 0.254 e. The largest absolute Gasteiger partial charge is 0.494 e. The molecule has 2 heterocycles. The predicted octanol–water partition coefficient (Wildman–Crippen LogP) is 0.954. The van der Waals surface area contributed by atoms with Gasteiger partial charge in [-0.1, -0.05) is 0 Å². The van der Waals surface area contributed by atoms with Gasteiger partial charge in [-0.3, -0.25) is 9.69 Å². The number of nitrogens with one attached hydrogen (secondary N) is 1. The molecular weight excluding hydrogens is 285 g/mol. The summed E-state index contributed by atoms with van der Waals surface area (Å²) in [6.45, 7) is 5.36. The maximum absolute atomic E-state index is 13.4. The summed E-state index contributed by atoms with van der Waals surface area (Å²) in [6, 6.07) is 4.88. The number of benzene rings is 1. The van der Waals surface area contributed by atoms with E-state index in [1.807, 2.05) is 4.90 Å². The summed E-state index contributed by atoms with van der Waals surface area (Å²) in [4.78, 5) is 16.8. The lowest BCUT2D eigenvalue weighted by Gasteiger charge is -2.37. The van der Waals surface area contributed by atoms with Crippen molar-refractivity contribution in [3.8, 4) is 5.75 Å². The number of amides is 1. The van der Waals surface area contributed by atoms with E-state index >= 15 is 0 Å². The number of piperazine rings is 1. The Hall–Kier alpha value is -1.66. The first kappa shape index (κ1) is 15.2. The van der Waals surface area contributed by atoms with Crippen molar-refractivity contribution in [2.75, 3.05) is 46.4 Å². The summed E-state index contributed by atoms with van der Waals surface area (Å²) >= 11 is 0. The standard InChI is InChI=1S/C16H22FN3O2/c1-22-15-10-12(2-3-14(15)17)16(21)20-8-6-19(7-9-20)13-4-5-18-11-13/h2-3,10,13,18H,4-9,11H2,1H3. The summed E-state index contributed by atoms with van der Waals surface area (Å²) in [5.41, 5.74) is 0.481. The van der Waals surface area contributed by atoms with Crippen LogP contribution < -0.4 is 10.1 Å². The molecule has 1 amide bonds. The van der Waals surface area contributed by atoms with Gasteiger partial charge in [0.15, 0.2) is 11.6 Å². The Kier molecular flexibility index (Phi) is 4.59. The second-order valence-electron chi connectivity index (χ2n) is 5.82. The summed E-state index contributed by atoms with van der Waals surface area (Å²) in [7, 11) is 1.40. The Labute approximate surface area is 130 Å². The third kappa shape index (κ3) is 3.08. The van der Waals surface area contributed by atoms with Crippen LogP contribution in [0.15, 0.2) is 18.2 Å². The topological polar surface area (TPSA) is 44.8 Å². The first-order valence-corrected chi connectivity index (χ1v) is 7.76. The van der Waals surface area contributed by atoms with Crippen molar-refractivity contribution in [2.24, 2.45) is 0 Å². The molecule has 2 aliphatic heterocycles. The Balaban J connectivity index is 1.62. The molecule has 0 bridgehead atoms. The molecule has 0 aromatic heterocycles. The molecule has 1 N–H and O–H groups in total. The van der Waals surface area contributed by atoms with Crippen LogP contribution in [0.5, 0.6) is 5.75 Å². The van der Waals surface area contributed by atoms with Crippen molar-refractivity contribution in [2.45, 2.75) is 12.5 Å². The lowest BCUT2D eigenvalue weighted by molar-refractivity contribution is 0.0583. The number of halogens is 1. The van der Waals surface area contributed by atoms with E-state index in [9.17, 15) is 9.18 Å². The monoisotopic (exact) mass is 307 g/mol. The van der Waals surface area contributed by atoms with Crippen LogP contribution in [0.4, 0.5) is 4.39 Å². The molecule has 22 heavy (non-hydrogen) atoms. The molecule has 120 valence electrons. The van der Waals surface area contributed by atoms with Gasteiger partial charge >= 0.3 is 0 Å². The van der Waals surface area contributed by atoms with Crippen LogP contribution in [-0.4, -0.2) is 68.1 Å². The smallest absolute Gasteiger partial charge is 0.254 e. The van der Waals surface area contributed by atoms with Crippen molar-refractivity contribution >= 4 is 5.91 Å². The van der Waals surface area contributed by atoms with Crippen LogP contribution in [0.25, 0.3) is 0 Å². The fraction of sp³-hybridized carbons (Fsp3) is 0.562. The number of hydrogen-bond donors (Lipinski definition) is 1. The van der Waals surface area contributed by atoms with E-state index in [1.165, 1.54) is 31.7 Å². The van der Waals surface area contributed by atoms with Crippen molar-refractivity contribution in [1.82, 2.24) is 15.1 Å². The van der Waals surface area contributed by atoms with Gasteiger partial charge in [-0.15, -0.1) is 0 Å². The highest BCUT2D eigenvalue weighted by molar-refractivity contribution is 5.94. The number of carbonyl (C=O) groups excluding carboxylic acids is 1. The first-order valence-electron chi connectivity index (χ1n) is 7.76. The number of hydrogen-bond acceptors (Lipinski definition) is 4. The lowest BCUT2D eigenvalue weighted by atomic mass is 10.1. The fourth-order valence-corrected chi connectivity index (χ4v) is 3.22. The third-order valence-corrected chi connectivity index (χ3v) is 4.55. The highest BCUT2D eigenvalue weighted by Crippen LogP contribution is 2.20. The Bertz CT molecular complexity index is 538. The van der Waals surface area contributed by atoms with Gasteiger partial charge in [0.1, 0.15) is 0 Å². The molecule has 2 fully saturated rings. The zero-order chi connectivity index (χ0) is 15.5. The van der Waals surface area contributed by atoms with E-state index in [1.54, 1.807) is 0 Å². The van der Waals surface area contributed by atoms with Gasteiger partial charge in [0, 0.05) is 44.3 Å². The maximum atomic E-state index is 13.4. The van der Waals surface area contributed by atoms with E-state index in [4.69, 9.17) is 4.74 Å².